The van der Waals surface area contributed by atoms with Gasteiger partial charge >= 0.3 is 0 Å². The maximum absolute atomic E-state index is 6.02. The van der Waals surface area contributed by atoms with Crippen LogP contribution in [0, 0.1) is 5.92 Å². The van der Waals surface area contributed by atoms with Gasteiger partial charge in [-0.15, -0.1) is 0 Å². The lowest BCUT2D eigenvalue weighted by Crippen LogP contribution is -2.59. The molecule has 0 aromatic carbocycles. The predicted octanol–water partition coefficient (Wildman–Crippen LogP) is 1.61. The summed E-state index contributed by atoms with van der Waals surface area (Å²) >= 11 is 0. The fraction of sp³-hybridized carbons (Fsp3) is 1.00. The lowest BCUT2D eigenvalue weighted by molar-refractivity contribution is -0.0996. The first-order chi connectivity index (χ1) is 7.53. The van der Waals surface area contributed by atoms with Gasteiger partial charge in [0.1, 0.15) is 0 Å². The van der Waals surface area contributed by atoms with Crippen LogP contribution in [0.2, 0.25) is 0 Å². The van der Waals surface area contributed by atoms with Crippen LogP contribution in [0.15, 0.2) is 0 Å². The van der Waals surface area contributed by atoms with Crippen molar-refractivity contribution < 1.29 is 4.74 Å². The zero-order valence-corrected chi connectivity index (χ0v) is 10.9. The van der Waals surface area contributed by atoms with E-state index < -0.39 is 0 Å². The molecule has 2 N–H and O–H groups in total. The van der Waals surface area contributed by atoms with Gasteiger partial charge in [0.25, 0.3) is 0 Å². The molecule has 1 aliphatic carbocycles. The Morgan fingerprint density at radius 3 is 2.25 bits per heavy atom. The van der Waals surface area contributed by atoms with Gasteiger partial charge in [-0.3, -0.25) is 4.90 Å². The van der Waals surface area contributed by atoms with Gasteiger partial charge in [-0.25, -0.2) is 0 Å². The number of nitrogens with two attached hydrogens (primary N) is 1. The molecule has 1 aliphatic heterocycles. The molecule has 0 amide bonds. The molecule has 3 unspecified atom stereocenters. The third-order valence-corrected chi connectivity index (χ3v) is 4.05. The van der Waals surface area contributed by atoms with E-state index in [1.54, 1.807) is 0 Å². The van der Waals surface area contributed by atoms with Crippen LogP contribution in [0.1, 0.15) is 40.0 Å². The number of ether oxygens (including phenoxy) is 1. The zero-order chi connectivity index (χ0) is 11.8. The molecule has 1 saturated heterocycles. The minimum Gasteiger partial charge on any atom is -0.373 e. The maximum atomic E-state index is 6.02. The van der Waals surface area contributed by atoms with Crippen molar-refractivity contribution in [2.75, 3.05) is 19.6 Å². The third-order valence-electron chi connectivity index (χ3n) is 4.05. The normalized spacial score (nSPS) is 36.0. The van der Waals surface area contributed by atoms with Crippen LogP contribution < -0.4 is 5.73 Å². The Morgan fingerprint density at radius 2 is 1.81 bits per heavy atom. The highest BCUT2D eigenvalue weighted by atomic mass is 16.5. The van der Waals surface area contributed by atoms with Crippen molar-refractivity contribution >= 4 is 0 Å². The van der Waals surface area contributed by atoms with Crippen molar-refractivity contribution in [3.63, 3.8) is 0 Å². The van der Waals surface area contributed by atoms with Gasteiger partial charge in [-0.05, 0) is 33.1 Å². The molecule has 2 aliphatic rings. The summed E-state index contributed by atoms with van der Waals surface area (Å²) in [6.45, 7) is 9.49. The smallest absolute Gasteiger partial charge is 0.0678 e. The number of rotatable bonds is 4. The fourth-order valence-electron chi connectivity index (χ4n) is 2.90. The summed E-state index contributed by atoms with van der Waals surface area (Å²) in [7, 11) is 0. The van der Waals surface area contributed by atoms with E-state index in [9.17, 15) is 0 Å². The number of hydrogen-bond donors (Lipinski definition) is 1. The number of morpholine rings is 1. The first-order valence-electron chi connectivity index (χ1n) is 6.64. The largest absolute Gasteiger partial charge is 0.373 e. The maximum Gasteiger partial charge on any atom is 0.0678 e. The average molecular weight is 226 g/mol. The minimum atomic E-state index is 0.188. The third kappa shape index (κ3) is 2.76. The Bertz CT molecular complexity index is 232. The van der Waals surface area contributed by atoms with Crippen LogP contribution in [-0.4, -0.2) is 42.3 Å². The summed E-state index contributed by atoms with van der Waals surface area (Å²) in [4.78, 5) is 2.56. The Kier molecular flexibility index (Phi) is 3.57. The molecule has 0 bridgehead atoms. The van der Waals surface area contributed by atoms with Crippen LogP contribution >= 0.6 is 0 Å². The van der Waals surface area contributed by atoms with Gasteiger partial charge in [0.05, 0.1) is 12.2 Å². The molecule has 0 aromatic rings. The van der Waals surface area contributed by atoms with Crippen LogP contribution in [0.4, 0.5) is 0 Å². The summed E-state index contributed by atoms with van der Waals surface area (Å²) in [5, 5.41) is 0. The summed E-state index contributed by atoms with van der Waals surface area (Å²) < 4.78 is 5.79. The van der Waals surface area contributed by atoms with Crippen molar-refractivity contribution in [1.82, 2.24) is 4.90 Å². The minimum absolute atomic E-state index is 0.188. The summed E-state index contributed by atoms with van der Waals surface area (Å²) in [6.07, 6.45) is 4.77. The van der Waals surface area contributed by atoms with E-state index >= 15 is 0 Å². The second-order valence-corrected chi connectivity index (χ2v) is 6.01. The molecule has 3 atom stereocenters. The van der Waals surface area contributed by atoms with Crippen molar-refractivity contribution in [2.45, 2.75) is 57.8 Å². The van der Waals surface area contributed by atoms with E-state index in [2.05, 4.69) is 25.7 Å². The van der Waals surface area contributed by atoms with E-state index in [0.717, 1.165) is 25.6 Å². The van der Waals surface area contributed by atoms with E-state index in [4.69, 9.17) is 10.5 Å². The Balaban J connectivity index is 2.00. The van der Waals surface area contributed by atoms with E-state index in [-0.39, 0.29) is 5.54 Å². The van der Waals surface area contributed by atoms with Gasteiger partial charge in [0, 0.05) is 25.2 Å². The fourth-order valence-corrected chi connectivity index (χ4v) is 2.90. The molecular weight excluding hydrogens is 200 g/mol. The van der Waals surface area contributed by atoms with E-state index in [1.807, 2.05) is 0 Å². The van der Waals surface area contributed by atoms with Crippen molar-refractivity contribution in [3.05, 3.63) is 0 Å². The highest BCUT2D eigenvalue weighted by Gasteiger charge is 2.39. The molecule has 0 radical (unpaired) electrons. The quantitative estimate of drug-likeness (QED) is 0.791. The standard InChI is InChI=1S/C13H26N2O/c1-10-7-15(8-11(2)16-10)13(3,9-14)6-12-4-5-12/h10-12H,4-9,14H2,1-3H3. The first kappa shape index (κ1) is 12.3. The van der Waals surface area contributed by atoms with E-state index in [1.165, 1.54) is 19.3 Å². The van der Waals surface area contributed by atoms with Crippen molar-refractivity contribution in [3.8, 4) is 0 Å². The molecule has 2 fully saturated rings. The highest BCUT2D eigenvalue weighted by Crippen LogP contribution is 2.39. The predicted molar refractivity (Wildman–Crippen MR) is 66.4 cm³/mol. The van der Waals surface area contributed by atoms with Crippen LogP contribution in [0.5, 0.6) is 0 Å². The summed E-state index contributed by atoms with van der Waals surface area (Å²) in [6, 6.07) is 0. The Morgan fingerprint density at radius 1 is 1.25 bits per heavy atom. The Hall–Kier alpha value is -0.120. The Labute approximate surface area is 99.3 Å². The highest BCUT2D eigenvalue weighted by molar-refractivity contribution is 4.95. The van der Waals surface area contributed by atoms with Gasteiger partial charge < -0.3 is 10.5 Å². The van der Waals surface area contributed by atoms with Gasteiger partial charge in [0.15, 0.2) is 0 Å². The molecule has 1 heterocycles. The van der Waals surface area contributed by atoms with Crippen molar-refractivity contribution in [1.29, 1.82) is 0 Å². The van der Waals surface area contributed by atoms with Crippen LogP contribution in [0.3, 0.4) is 0 Å². The first-order valence-corrected chi connectivity index (χ1v) is 6.64. The van der Waals surface area contributed by atoms with Gasteiger partial charge in [-0.2, -0.15) is 0 Å². The lowest BCUT2D eigenvalue weighted by Gasteiger charge is -2.46. The molecular formula is C13H26N2O. The van der Waals surface area contributed by atoms with Crippen molar-refractivity contribution in [2.24, 2.45) is 11.7 Å². The molecule has 16 heavy (non-hydrogen) atoms. The molecule has 3 nitrogen and oxygen atoms in total. The topological polar surface area (TPSA) is 38.5 Å². The molecule has 3 heteroatoms. The monoisotopic (exact) mass is 226 g/mol. The SMILES string of the molecule is CC1CN(C(C)(CN)CC2CC2)CC(C)O1. The molecule has 2 rings (SSSR count). The second kappa shape index (κ2) is 4.63. The van der Waals surface area contributed by atoms with Gasteiger partial charge in [-0.1, -0.05) is 12.8 Å². The van der Waals surface area contributed by atoms with Crippen LogP contribution in [-0.2, 0) is 4.74 Å². The molecule has 0 spiro atoms. The molecule has 1 saturated carbocycles. The molecule has 94 valence electrons. The second-order valence-electron chi connectivity index (χ2n) is 6.01. The lowest BCUT2D eigenvalue weighted by atomic mass is 9.91. The van der Waals surface area contributed by atoms with E-state index in [0.29, 0.717) is 12.2 Å². The molecule has 0 aromatic heterocycles. The van der Waals surface area contributed by atoms with Crippen LogP contribution in [0.25, 0.3) is 0 Å². The summed E-state index contributed by atoms with van der Waals surface area (Å²) in [5.41, 5.74) is 6.21. The summed E-state index contributed by atoms with van der Waals surface area (Å²) in [5.74, 6) is 0.932. The number of nitrogens with zero attached hydrogens (tertiary/aromatic N) is 1. The average Bonchev–Trinajstić information content (AvgIpc) is 3.00. The van der Waals surface area contributed by atoms with Gasteiger partial charge in [0.2, 0.25) is 0 Å². The number of hydrogen-bond acceptors (Lipinski definition) is 3. The zero-order valence-electron chi connectivity index (χ0n) is 10.9.